The van der Waals surface area contributed by atoms with Crippen LogP contribution in [0.1, 0.15) is 32.1 Å². The molecule has 0 unspecified atom stereocenters. The first-order chi connectivity index (χ1) is 8.67. The standard InChI is InChI=1S/C12H23N3O3/c1-18-8-7-15(6-5-11(13)14-17)12(16)9-10-3-2-4-10/h10,17H,2-9H2,1H3,(H2,13,14). The van der Waals surface area contributed by atoms with E-state index in [0.717, 1.165) is 12.8 Å². The van der Waals surface area contributed by atoms with Crippen molar-refractivity contribution in [2.75, 3.05) is 26.8 Å². The Morgan fingerprint density at radius 1 is 1.50 bits per heavy atom. The minimum Gasteiger partial charge on any atom is -0.409 e. The van der Waals surface area contributed by atoms with Gasteiger partial charge in [-0.15, -0.1) is 0 Å². The van der Waals surface area contributed by atoms with Gasteiger partial charge in [-0.3, -0.25) is 4.79 Å². The van der Waals surface area contributed by atoms with Crippen LogP contribution in [-0.2, 0) is 9.53 Å². The monoisotopic (exact) mass is 257 g/mol. The molecule has 0 bridgehead atoms. The van der Waals surface area contributed by atoms with Crippen LogP contribution < -0.4 is 5.73 Å². The molecule has 0 heterocycles. The Morgan fingerprint density at radius 2 is 2.22 bits per heavy atom. The van der Waals surface area contributed by atoms with Gasteiger partial charge in [-0.05, 0) is 18.8 Å². The Balaban J connectivity index is 2.39. The van der Waals surface area contributed by atoms with Crippen LogP contribution in [0.5, 0.6) is 0 Å². The van der Waals surface area contributed by atoms with Crippen LogP contribution in [-0.4, -0.2) is 48.7 Å². The summed E-state index contributed by atoms with van der Waals surface area (Å²) in [6.45, 7) is 1.54. The molecule has 1 aliphatic carbocycles. The number of carbonyl (C=O) groups is 1. The fourth-order valence-electron chi connectivity index (χ4n) is 1.94. The summed E-state index contributed by atoms with van der Waals surface area (Å²) in [5.41, 5.74) is 5.42. The Bertz CT molecular complexity index is 290. The summed E-state index contributed by atoms with van der Waals surface area (Å²) in [6, 6.07) is 0. The minimum absolute atomic E-state index is 0.141. The second kappa shape index (κ2) is 7.92. The molecule has 0 aromatic heterocycles. The number of ether oxygens (including phenoxy) is 1. The van der Waals surface area contributed by atoms with Crippen LogP contribution in [0.25, 0.3) is 0 Å². The molecule has 0 atom stereocenters. The lowest BCUT2D eigenvalue weighted by Crippen LogP contribution is -2.38. The highest BCUT2D eigenvalue weighted by molar-refractivity contribution is 5.81. The van der Waals surface area contributed by atoms with Crippen molar-refractivity contribution in [2.24, 2.45) is 16.8 Å². The maximum atomic E-state index is 12.1. The van der Waals surface area contributed by atoms with Crippen LogP contribution in [0.2, 0.25) is 0 Å². The Kier molecular flexibility index (Phi) is 6.49. The van der Waals surface area contributed by atoms with Crippen molar-refractivity contribution >= 4 is 11.7 Å². The maximum absolute atomic E-state index is 12.1. The SMILES string of the molecule is COCCN(CCC(N)=NO)C(=O)CC1CCC1. The van der Waals surface area contributed by atoms with E-state index >= 15 is 0 Å². The second-order valence-electron chi connectivity index (χ2n) is 4.72. The van der Waals surface area contributed by atoms with Crippen molar-refractivity contribution in [1.29, 1.82) is 0 Å². The summed E-state index contributed by atoms with van der Waals surface area (Å²) in [7, 11) is 1.61. The number of nitrogens with zero attached hydrogens (tertiary/aromatic N) is 2. The van der Waals surface area contributed by atoms with Crippen LogP contribution >= 0.6 is 0 Å². The average Bonchev–Trinajstić information content (AvgIpc) is 2.33. The molecule has 6 nitrogen and oxygen atoms in total. The summed E-state index contributed by atoms with van der Waals surface area (Å²) in [4.78, 5) is 13.8. The van der Waals surface area contributed by atoms with E-state index in [-0.39, 0.29) is 11.7 Å². The van der Waals surface area contributed by atoms with Crippen molar-refractivity contribution in [3.05, 3.63) is 0 Å². The molecule has 0 aromatic rings. The van der Waals surface area contributed by atoms with E-state index in [1.807, 2.05) is 0 Å². The van der Waals surface area contributed by atoms with Crippen LogP contribution in [0.3, 0.4) is 0 Å². The largest absolute Gasteiger partial charge is 0.409 e. The van der Waals surface area contributed by atoms with Crippen molar-refractivity contribution < 1.29 is 14.7 Å². The molecule has 1 rings (SSSR count). The molecule has 18 heavy (non-hydrogen) atoms. The van der Waals surface area contributed by atoms with Gasteiger partial charge < -0.3 is 20.6 Å². The van der Waals surface area contributed by atoms with Gasteiger partial charge in [0.05, 0.1) is 6.61 Å². The topological polar surface area (TPSA) is 88.2 Å². The van der Waals surface area contributed by atoms with Gasteiger partial charge in [-0.1, -0.05) is 11.6 Å². The summed E-state index contributed by atoms with van der Waals surface area (Å²) in [5, 5.41) is 11.4. The van der Waals surface area contributed by atoms with Crippen LogP contribution in [0.15, 0.2) is 5.16 Å². The predicted octanol–water partition coefficient (Wildman–Crippen LogP) is 0.788. The number of rotatable bonds is 8. The second-order valence-corrected chi connectivity index (χ2v) is 4.72. The van der Waals surface area contributed by atoms with Crippen molar-refractivity contribution in [3.8, 4) is 0 Å². The lowest BCUT2D eigenvalue weighted by atomic mass is 9.82. The first kappa shape index (κ1) is 14.8. The highest BCUT2D eigenvalue weighted by Crippen LogP contribution is 2.29. The van der Waals surface area contributed by atoms with E-state index in [0.29, 0.717) is 38.5 Å². The zero-order valence-electron chi connectivity index (χ0n) is 11.0. The summed E-state index contributed by atoms with van der Waals surface area (Å²) >= 11 is 0. The molecule has 0 aliphatic heterocycles. The number of amides is 1. The van der Waals surface area contributed by atoms with Gasteiger partial charge in [0.25, 0.3) is 0 Å². The van der Waals surface area contributed by atoms with Crippen molar-refractivity contribution in [2.45, 2.75) is 32.1 Å². The number of methoxy groups -OCH3 is 1. The van der Waals surface area contributed by atoms with E-state index in [1.165, 1.54) is 6.42 Å². The fourth-order valence-corrected chi connectivity index (χ4v) is 1.94. The van der Waals surface area contributed by atoms with Gasteiger partial charge in [0, 0.05) is 33.0 Å². The van der Waals surface area contributed by atoms with E-state index in [2.05, 4.69) is 5.16 Å². The molecule has 0 spiro atoms. The third kappa shape index (κ3) is 4.91. The first-order valence-corrected chi connectivity index (χ1v) is 6.40. The summed E-state index contributed by atoms with van der Waals surface area (Å²) in [6.07, 6.45) is 4.55. The maximum Gasteiger partial charge on any atom is 0.222 e. The Labute approximate surface area is 108 Å². The summed E-state index contributed by atoms with van der Waals surface area (Å²) in [5.74, 6) is 0.836. The van der Waals surface area contributed by atoms with E-state index in [4.69, 9.17) is 15.7 Å². The Morgan fingerprint density at radius 3 is 2.72 bits per heavy atom. The smallest absolute Gasteiger partial charge is 0.222 e. The fraction of sp³-hybridized carbons (Fsp3) is 0.833. The van der Waals surface area contributed by atoms with Crippen LogP contribution in [0, 0.1) is 5.92 Å². The number of hydrogen-bond donors (Lipinski definition) is 2. The average molecular weight is 257 g/mol. The van der Waals surface area contributed by atoms with E-state index in [9.17, 15) is 4.79 Å². The zero-order chi connectivity index (χ0) is 13.4. The highest BCUT2D eigenvalue weighted by atomic mass is 16.5. The molecule has 6 heteroatoms. The van der Waals surface area contributed by atoms with Crippen molar-refractivity contribution in [3.63, 3.8) is 0 Å². The molecular weight excluding hydrogens is 234 g/mol. The van der Waals surface area contributed by atoms with Gasteiger partial charge in [0.1, 0.15) is 5.84 Å². The minimum atomic E-state index is 0.141. The lowest BCUT2D eigenvalue weighted by molar-refractivity contribution is -0.133. The third-order valence-electron chi connectivity index (χ3n) is 3.37. The number of carbonyl (C=O) groups excluding carboxylic acids is 1. The molecule has 1 aliphatic rings. The quantitative estimate of drug-likeness (QED) is 0.291. The normalized spacial score (nSPS) is 16.4. The van der Waals surface area contributed by atoms with E-state index in [1.54, 1.807) is 12.0 Å². The van der Waals surface area contributed by atoms with Crippen LogP contribution in [0.4, 0.5) is 0 Å². The molecular formula is C12H23N3O3. The third-order valence-corrected chi connectivity index (χ3v) is 3.37. The molecule has 0 radical (unpaired) electrons. The number of oxime groups is 1. The lowest BCUT2D eigenvalue weighted by Gasteiger charge is -2.29. The molecule has 0 saturated heterocycles. The first-order valence-electron chi connectivity index (χ1n) is 6.40. The van der Waals surface area contributed by atoms with Gasteiger partial charge in [0.2, 0.25) is 5.91 Å². The zero-order valence-corrected chi connectivity index (χ0v) is 11.0. The van der Waals surface area contributed by atoms with E-state index < -0.39 is 0 Å². The number of amidine groups is 1. The highest BCUT2D eigenvalue weighted by Gasteiger charge is 2.23. The van der Waals surface area contributed by atoms with Gasteiger partial charge in [-0.25, -0.2) is 0 Å². The molecule has 1 fully saturated rings. The molecule has 0 aromatic carbocycles. The summed E-state index contributed by atoms with van der Waals surface area (Å²) < 4.78 is 5.00. The molecule has 104 valence electrons. The van der Waals surface area contributed by atoms with Gasteiger partial charge in [-0.2, -0.15) is 0 Å². The number of hydrogen-bond acceptors (Lipinski definition) is 4. The number of nitrogens with two attached hydrogens (primary N) is 1. The molecule has 1 amide bonds. The van der Waals surface area contributed by atoms with Gasteiger partial charge >= 0.3 is 0 Å². The Hall–Kier alpha value is -1.30. The van der Waals surface area contributed by atoms with Crippen molar-refractivity contribution in [1.82, 2.24) is 4.90 Å². The molecule has 1 saturated carbocycles. The van der Waals surface area contributed by atoms with Gasteiger partial charge in [0.15, 0.2) is 0 Å². The molecule has 3 N–H and O–H groups in total. The predicted molar refractivity (Wildman–Crippen MR) is 68.4 cm³/mol.